The molecule has 0 aliphatic rings. The second-order valence-corrected chi connectivity index (χ2v) is 8.92. The van der Waals surface area contributed by atoms with Gasteiger partial charge in [0.25, 0.3) is 10.1 Å². The molecule has 0 atom stereocenters. The molecule has 0 fully saturated rings. The van der Waals surface area contributed by atoms with Gasteiger partial charge in [0.05, 0.1) is 11.5 Å². The van der Waals surface area contributed by atoms with Crippen LogP contribution in [0.5, 0.6) is 0 Å². The maximum Gasteiger partial charge on any atom is 1.00 e. The zero-order valence-electron chi connectivity index (χ0n) is 20.3. The van der Waals surface area contributed by atoms with E-state index in [0.29, 0.717) is 0 Å². The molecule has 0 spiro atoms. The minimum atomic E-state index is -3.59. The van der Waals surface area contributed by atoms with E-state index in [9.17, 15) is 8.42 Å². The maximum atomic E-state index is 11.3. The van der Waals surface area contributed by atoms with Crippen molar-refractivity contribution in [2.24, 2.45) is 0 Å². The zero-order valence-corrected chi connectivity index (χ0v) is 23.1. The molecule has 33 heavy (non-hydrogen) atoms. The van der Waals surface area contributed by atoms with Gasteiger partial charge in [-0.05, 0) is 22.9 Å². The molecule has 0 radical (unpaired) electrons. The third-order valence-corrected chi connectivity index (χ3v) is 5.93. The predicted octanol–water partition coefficient (Wildman–Crippen LogP) is 4.99. The number of fused-ring (bicyclic) bond motifs is 1. The molecular formula is C28H37NaO3S. The molecule has 0 N–H and O–H groups in total. The molecule has 0 aromatic heterocycles. The first kappa shape index (κ1) is 31.6. The van der Waals surface area contributed by atoms with E-state index in [1.54, 1.807) is 18.2 Å². The van der Waals surface area contributed by atoms with Crippen molar-refractivity contribution >= 4 is 20.9 Å². The molecule has 0 heterocycles. The summed E-state index contributed by atoms with van der Waals surface area (Å²) in [5.41, 5.74) is 0. The number of hydrogen-bond donors (Lipinski definition) is 0. The Balaban J connectivity index is 0.000000468. The van der Waals surface area contributed by atoms with Gasteiger partial charge in [0.15, 0.2) is 0 Å². The number of unbranched alkanes of at least 4 members (excludes halogenated alkanes) is 6. The molecule has 0 unspecified atom stereocenters. The fourth-order valence-corrected chi connectivity index (χ4v) is 3.78. The van der Waals surface area contributed by atoms with E-state index in [2.05, 4.69) is 73.1 Å². The SMILES string of the molecule is C=CCOS(=O)(=O)c1ccccc1.[CH2-]CCCCCCCC.[Na+].c1ccc2ccccc2c1. The van der Waals surface area contributed by atoms with Crippen LogP contribution in [0.4, 0.5) is 0 Å². The van der Waals surface area contributed by atoms with Crippen molar-refractivity contribution in [2.45, 2.75) is 56.8 Å². The van der Waals surface area contributed by atoms with Crippen LogP contribution in [0.2, 0.25) is 0 Å². The van der Waals surface area contributed by atoms with Gasteiger partial charge in [0.2, 0.25) is 0 Å². The predicted molar refractivity (Wildman–Crippen MR) is 137 cm³/mol. The summed E-state index contributed by atoms with van der Waals surface area (Å²) in [5, 5.41) is 2.62. The number of rotatable bonds is 10. The van der Waals surface area contributed by atoms with E-state index in [-0.39, 0.29) is 41.1 Å². The topological polar surface area (TPSA) is 43.4 Å². The number of benzene rings is 3. The molecular weight excluding hydrogens is 439 g/mol. The summed E-state index contributed by atoms with van der Waals surface area (Å²) in [7, 11) is -3.59. The summed E-state index contributed by atoms with van der Waals surface area (Å²) in [5.74, 6) is 0. The van der Waals surface area contributed by atoms with Crippen molar-refractivity contribution in [3.8, 4) is 0 Å². The van der Waals surface area contributed by atoms with Crippen molar-refractivity contribution in [2.75, 3.05) is 6.61 Å². The monoisotopic (exact) mass is 476 g/mol. The van der Waals surface area contributed by atoms with Crippen LogP contribution in [0.3, 0.4) is 0 Å². The summed E-state index contributed by atoms with van der Waals surface area (Å²) in [6.45, 7) is 9.42. The molecule has 0 saturated carbocycles. The molecule has 0 saturated heterocycles. The van der Waals surface area contributed by atoms with E-state index in [1.807, 2.05) is 0 Å². The summed E-state index contributed by atoms with van der Waals surface area (Å²) in [4.78, 5) is 0.164. The standard InChI is InChI=1S/C10H8.C9H10O3S.C9H19.Na/c1-2-6-10-8-4-3-7-9(10)5-1;1-2-8-12-13(10,11)9-6-4-3-5-7-9;1-3-5-7-9-8-6-4-2;/h1-8H;2-7H,1,8H2;1,3-9H2,2H3;/q;;-1;+1. The summed E-state index contributed by atoms with van der Waals surface area (Å²) in [6, 6.07) is 24.7. The van der Waals surface area contributed by atoms with Gasteiger partial charge in [-0.25, -0.2) is 0 Å². The van der Waals surface area contributed by atoms with Crippen LogP contribution in [0, 0.1) is 6.92 Å². The molecule has 174 valence electrons. The Hall–Kier alpha value is -1.43. The minimum absolute atomic E-state index is 0. The van der Waals surface area contributed by atoms with Crippen LogP contribution in [0.1, 0.15) is 51.9 Å². The first-order chi connectivity index (χ1) is 15.5. The van der Waals surface area contributed by atoms with Crippen molar-refractivity contribution in [3.63, 3.8) is 0 Å². The first-order valence-corrected chi connectivity index (χ1v) is 12.7. The van der Waals surface area contributed by atoms with E-state index in [4.69, 9.17) is 0 Å². The van der Waals surface area contributed by atoms with Gasteiger partial charge in [-0.2, -0.15) is 14.8 Å². The molecule has 3 aromatic rings. The fourth-order valence-electron chi connectivity index (χ4n) is 2.88. The van der Waals surface area contributed by atoms with E-state index >= 15 is 0 Å². The summed E-state index contributed by atoms with van der Waals surface area (Å²) < 4.78 is 27.3. The largest absolute Gasteiger partial charge is 1.00 e. The van der Waals surface area contributed by atoms with Gasteiger partial charge in [-0.15, -0.1) is 6.58 Å². The van der Waals surface area contributed by atoms with E-state index < -0.39 is 10.1 Å². The Morgan fingerprint density at radius 2 is 1.24 bits per heavy atom. The third kappa shape index (κ3) is 14.4. The quantitative estimate of drug-likeness (QED) is 0.136. The first-order valence-electron chi connectivity index (χ1n) is 11.3. The van der Waals surface area contributed by atoms with Crippen LogP contribution in [0.25, 0.3) is 10.8 Å². The zero-order chi connectivity index (χ0) is 23.5. The fraction of sp³-hybridized carbons (Fsp3) is 0.321. The average Bonchev–Trinajstić information content (AvgIpc) is 2.84. The van der Waals surface area contributed by atoms with Crippen LogP contribution in [0.15, 0.2) is 96.4 Å². The molecule has 0 bridgehead atoms. The minimum Gasteiger partial charge on any atom is -0.343 e. The van der Waals surface area contributed by atoms with Crippen molar-refractivity contribution < 1.29 is 42.2 Å². The second-order valence-electron chi connectivity index (χ2n) is 7.31. The summed E-state index contributed by atoms with van der Waals surface area (Å²) >= 11 is 0. The Bertz CT molecular complexity index is 901. The van der Waals surface area contributed by atoms with Crippen LogP contribution < -0.4 is 29.6 Å². The maximum absolute atomic E-state index is 11.3. The average molecular weight is 477 g/mol. The molecule has 5 heteroatoms. The molecule has 3 nitrogen and oxygen atoms in total. The van der Waals surface area contributed by atoms with Crippen LogP contribution in [-0.2, 0) is 14.3 Å². The van der Waals surface area contributed by atoms with Gasteiger partial charge >= 0.3 is 29.6 Å². The molecule has 0 aliphatic heterocycles. The van der Waals surface area contributed by atoms with Crippen LogP contribution >= 0.6 is 0 Å². The Morgan fingerprint density at radius 1 is 0.788 bits per heavy atom. The third-order valence-electron chi connectivity index (χ3n) is 4.64. The molecule has 3 rings (SSSR count). The van der Waals surface area contributed by atoms with Crippen molar-refractivity contribution in [3.05, 3.63) is 98.4 Å². The van der Waals surface area contributed by atoms with Gasteiger partial charge in [-0.1, -0.05) is 118 Å². The van der Waals surface area contributed by atoms with Gasteiger partial charge in [-0.3, -0.25) is 4.18 Å². The van der Waals surface area contributed by atoms with Gasteiger partial charge in [0, 0.05) is 0 Å². The van der Waals surface area contributed by atoms with E-state index in [1.165, 1.54) is 67.5 Å². The van der Waals surface area contributed by atoms with Crippen molar-refractivity contribution in [1.82, 2.24) is 0 Å². The van der Waals surface area contributed by atoms with E-state index in [0.717, 1.165) is 6.42 Å². The number of hydrogen-bond acceptors (Lipinski definition) is 3. The molecule has 0 aliphatic carbocycles. The second kappa shape index (κ2) is 20.0. The Kier molecular flexibility index (Phi) is 19.1. The molecule has 0 amide bonds. The molecule has 3 aromatic carbocycles. The van der Waals surface area contributed by atoms with Crippen LogP contribution in [-0.4, -0.2) is 15.0 Å². The normalized spacial score (nSPS) is 10.1. The van der Waals surface area contributed by atoms with Gasteiger partial charge in [0.1, 0.15) is 0 Å². The van der Waals surface area contributed by atoms with Gasteiger partial charge < -0.3 is 6.92 Å². The smallest absolute Gasteiger partial charge is 0.343 e. The Morgan fingerprint density at radius 3 is 1.70 bits per heavy atom. The van der Waals surface area contributed by atoms with Crippen molar-refractivity contribution in [1.29, 1.82) is 0 Å². The Labute approximate surface area is 223 Å². The summed E-state index contributed by atoms with van der Waals surface area (Å²) in [6.07, 6.45) is 10.8.